The highest BCUT2D eigenvalue weighted by atomic mass is 16.5. The van der Waals surface area contributed by atoms with Crippen molar-refractivity contribution >= 4 is 17.3 Å². The molecular weight excluding hydrogens is 406 g/mol. The van der Waals surface area contributed by atoms with Gasteiger partial charge in [-0.05, 0) is 63.8 Å². The average Bonchev–Trinajstić information content (AvgIpc) is 2.71. The smallest absolute Gasteiger partial charge is 0.405 e. The van der Waals surface area contributed by atoms with Crippen LogP contribution < -0.4 is 10.1 Å². The summed E-state index contributed by atoms with van der Waals surface area (Å²) in [6.07, 6.45) is 1.23. The molecule has 166 valence electrons. The van der Waals surface area contributed by atoms with E-state index in [0.29, 0.717) is 35.5 Å². The lowest BCUT2D eigenvalue weighted by Gasteiger charge is -2.28. The fraction of sp³-hybridized carbons (Fsp3) is 0.375. The molecule has 0 aliphatic rings. The summed E-state index contributed by atoms with van der Waals surface area (Å²) in [5.74, 6) is 0.567. The molecule has 1 amide bonds. The third kappa shape index (κ3) is 5.30. The van der Waals surface area contributed by atoms with Crippen molar-refractivity contribution in [3.8, 4) is 22.9 Å². The summed E-state index contributed by atoms with van der Waals surface area (Å²) in [6.45, 7) is 9.82. The van der Waals surface area contributed by atoms with Crippen LogP contribution in [-0.4, -0.2) is 38.3 Å². The zero-order valence-electron chi connectivity index (χ0n) is 18.9. The number of rotatable bonds is 7. The standard InChI is InChI=1S/C24H27N5O3/c1-14(11-24(4,5)29-23(30)31)13-32-20-7-6-17(10-18(20)12-25)19-8-9-26-22-21(19)27-15(2)16(3)28-22/h6-10,14,29H,11,13H2,1-5H3,(H,30,31)/t14-/m0/s1. The number of aryl methyl sites for hydroxylation is 2. The SMILES string of the molecule is Cc1nc2nccc(-c3ccc(OC[C@@H](C)CC(C)(C)NC(=O)O)c(C#N)c3)c2nc1C. The van der Waals surface area contributed by atoms with Gasteiger partial charge in [0.05, 0.1) is 23.6 Å². The molecule has 0 unspecified atom stereocenters. The number of nitrogens with one attached hydrogen (secondary N) is 1. The van der Waals surface area contributed by atoms with Gasteiger partial charge in [0, 0.05) is 17.3 Å². The molecule has 0 aliphatic heterocycles. The highest BCUT2D eigenvalue weighted by Gasteiger charge is 2.23. The molecule has 1 atom stereocenters. The molecule has 0 aliphatic carbocycles. The molecular formula is C24H27N5O3. The summed E-state index contributed by atoms with van der Waals surface area (Å²) in [4.78, 5) is 24.4. The molecule has 0 bridgehead atoms. The minimum atomic E-state index is -1.05. The molecule has 3 rings (SSSR count). The summed E-state index contributed by atoms with van der Waals surface area (Å²) in [5, 5.41) is 21.2. The first-order valence-electron chi connectivity index (χ1n) is 10.4. The topological polar surface area (TPSA) is 121 Å². The zero-order chi connectivity index (χ0) is 23.5. The number of pyridine rings is 1. The number of nitrogens with zero attached hydrogens (tertiary/aromatic N) is 4. The van der Waals surface area contributed by atoms with E-state index in [1.165, 1.54) is 0 Å². The Kier molecular flexibility index (Phi) is 6.58. The van der Waals surface area contributed by atoms with E-state index in [4.69, 9.17) is 9.84 Å². The van der Waals surface area contributed by atoms with Gasteiger partial charge in [0.2, 0.25) is 0 Å². The fourth-order valence-corrected chi connectivity index (χ4v) is 3.77. The van der Waals surface area contributed by atoms with Crippen molar-refractivity contribution in [3.63, 3.8) is 0 Å². The van der Waals surface area contributed by atoms with Gasteiger partial charge in [-0.2, -0.15) is 5.26 Å². The molecule has 8 heteroatoms. The molecule has 0 saturated carbocycles. The molecule has 0 radical (unpaired) electrons. The van der Waals surface area contributed by atoms with Crippen LogP contribution in [-0.2, 0) is 0 Å². The number of hydrogen-bond donors (Lipinski definition) is 2. The largest absolute Gasteiger partial charge is 0.492 e. The van der Waals surface area contributed by atoms with E-state index >= 15 is 0 Å². The highest BCUT2D eigenvalue weighted by molar-refractivity contribution is 5.89. The molecule has 8 nitrogen and oxygen atoms in total. The molecule has 3 aromatic rings. The molecule has 0 spiro atoms. The van der Waals surface area contributed by atoms with Gasteiger partial charge >= 0.3 is 6.09 Å². The van der Waals surface area contributed by atoms with Crippen LogP contribution in [0, 0.1) is 31.1 Å². The van der Waals surface area contributed by atoms with Crippen LogP contribution in [0.1, 0.15) is 44.1 Å². The zero-order valence-corrected chi connectivity index (χ0v) is 18.9. The Morgan fingerprint density at radius 1 is 1.25 bits per heavy atom. The van der Waals surface area contributed by atoms with Crippen molar-refractivity contribution in [1.29, 1.82) is 5.26 Å². The highest BCUT2D eigenvalue weighted by Crippen LogP contribution is 2.30. The summed E-state index contributed by atoms with van der Waals surface area (Å²) >= 11 is 0. The maximum Gasteiger partial charge on any atom is 0.405 e. The minimum Gasteiger partial charge on any atom is -0.492 e. The summed E-state index contributed by atoms with van der Waals surface area (Å²) in [5.41, 5.74) is 4.45. The number of carbonyl (C=O) groups is 1. The second-order valence-corrected chi connectivity index (χ2v) is 8.68. The maximum atomic E-state index is 10.9. The molecule has 2 aromatic heterocycles. The van der Waals surface area contributed by atoms with Gasteiger partial charge in [0.25, 0.3) is 0 Å². The number of carboxylic acid groups (broad SMARTS) is 1. The Morgan fingerprint density at radius 3 is 2.66 bits per heavy atom. The van der Waals surface area contributed by atoms with E-state index in [0.717, 1.165) is 22.5 Å². The van der Waals surface area contributed by atoms with E-state index < -0.39 is 11.6 Å². The second kappa shape index (κ2) is 9.18. The van der Waals surface area contributed by atoms with Gasteiger partial charge in [-0.25, -0.2) is 19.7 Å². The lowest BCUT2D eigenvalue weighted by molar-refractivity contribution is 0.169. The number of benzene rings is 1. The summed E-state index contributed by atoms with van der Waals surface area (Å²) < 4.78 is 5.92. The van der Waals surface area contributed by atoms with Gasteiger partial charge in [0.1, 0.15) is 17.3 Å². The van der Waals surface area contributed by atoms with Gasteiger partial charge in [-0.3, -0.25) is 0 Å². The fourth-order valence-electron chi connectivity index (χ4n) is 3.77. The van der Waals surface area contributed by atoms with Crippen molar-refractivity contribution in [3.05, 3.63) is 47.4 Å². The minimum absolute atomic E-state index is 0.0775. The van der Waals surface area contributed by atoms with Crippen molar-refractivity contribution in [1.82, 2.24) is 20.3 Å². The third-order valence-electron chi connectivity index (χ3n) is 5.22. The number of ether oxygens (including phenoxy) is 1. The third-order valence-corrected chi connectivity index (χ3v) is 5.22. The monoisotopic (exact) mass is 433 g/mol. The van der Waals surface area contributed by atoms with Crippen LogP contribution in [0.3, 0.4) is 0 Å². The van der Waals surface area contributed by atoms with E-state index in [1.807, 2.05) is 46.8 Å². The molecule has 2 heterocycles. The summed E-state index contributed by atoms with van der Waals surface area (Å²) in [6, 6.07) is 9.52. The van der Waals surface area contributed by atoms with Crippen molar-refractivity contribution < 1.29 is 14.6 Å². The van der Waals surface area contributed by atoms with Gasteiger partial charge < -0.3 is 15.2 Å². The van der Waals surface area contributed by atoms with Gasteiger partial charge in [0.15, 0.2) is 5.65 Å². The first-order chi connectivity index (χ1) is 15.1. The van der Waals surface area contributed by atoms with Crippen LogP contribution in [0.5, 0.6) is 5.75 Å². The van der Waals surface area contributed by atoms with Crippen molar-refractivity contribution in [2.24, 2.45) is 5.92 Å². The molecule has 0 fully saturated rings. The van der Waals surface area contributed by atoms with Gasteiger partial charge in [-0.1, -0.05) is 13.0 Å². The van der Waals surface area contributed by atoms with E-state index in [2.05, 4.69) is 26.3 Å². The molecule has 32 heavy (non-hydrogen) atoms. The van der Waals surface area contributed by atoms with Crippen molar-refractivity contribution in [2.75, 3.05) is 6.61 Å². The van der Waals surface area contributed by atoms with Crippen LogP contribution in [0.25, 0.3) is 22.3 Å². The van der Waals surface area contributed by atoms with Gasteiger partial charge in [-0.15, -0.1) is 0 Å². The van der Waals surface area contributed by atoms with Crippen LogP contribution in [0.2, 0.25) is 0 Å². The Hall–Kier alpha value is -3.73. The first-order valence-corrected chi connectivity index (χ1v) is 10.4. The normalized spacial score (nSPS) is 12.2. The number of aromatic nitrogens is 3. The predicted molar refractivity (Wildman–Crippen MR) is 121 cm³/mol. The first kappa shape index (κ1) is 22.9. The van der Waals surface area contributed by atoms with Crippen LogP contribution in [0.15, 0.2) is 30.5 Å². The Labute approximate surface area is 187 Å². The van der Waals surface area contributed by atoms with Crippen molar-refractivity contribution in [2.45, 2.75) is 46.6 Å². The molecule has 0 saturated heterocycles. The number of fused-ring (bicyclic) bond motifs is 1. The quantitative estimate of drug-likeness (QED) is 0.557. The number of amides is 1. The predicted octanol–water partition coefficient (Wildman–Crippen LogP) is 4.63. The molecule has 1 aromatic carbocycles. The Balaban J connectivity index is 1.82. The Bertz CT molecular complexity index is 1200. The van der Waals surface area contributed by atoms with E-state index in [9.17, 15) is 10.1 Å². The lowest BCUT2D eigenvalue weighted by atomic mass is 9.92. The lowest BCUT2D eigenvalue weighted by Crippen LogP contribution is -2.44. The molecule has 2 N–H and O–H groups in total. The number of nitriles is 1. The van der Waals surface area contributed by atoms with Crippen LogP contribution >= 0.6 is 0 Å². The van der Waals surface area contributed by atoms with E-state index in [1.54, 1.807) is 18.3 Å². The maximum absolute atomic E-state index is 10.9. The summed E-state index contributed by atoms with van der Waals surface area (Å²) in [7, 11) is 0. The second-order valence-electron chi connectivity index (χ2n) is 8.68. The number of hydrogen-bond acceptors (Lipinski definition) is 6. The van der Waals surface area contributed by atoms with Crippen LogP contribution in [0.4, 0.5) is 4.79 Å². The van der Waals surface area contributed by atoms with E-state index in [-0.39, 0.29) is 5.92 Å². The average molecular weight is 434 g/mol. The Morgan fingerprint density at radius 2 is 1.97 bits per heavy atom.